The predicted octanol–water partition coefficient (Wildman–Crippen LogP) is 3.75. The average Bonchev–Trinajstić information content (AvgIpc) is 3.03. The van der Waals surface area contributed by atoms with Crippen LogP contribution in [0.15, 0.2) is 48.1 Å². The number of aromatic nitrogens is 3. The molecule has 1 atom stereocenters. The number of thiazole rings is 1. The van der Waals surface area contributed by atoms with E-state index in [1.807, 2.05) is 49.8 Å². The van der Waals surface area contributed by atoms with Crippen molar-refractivity contribution in [1.29, 1.82) is 0 Å². The van der Waals surface area contributed by atoms with Gasteiger partial charge in [-0.15, -0.1) is 11.3 Å². The van der Waals surface area contributed by atoms with Crippen molar-refractivity contribution in [2.45, 2.75) is 19.9 Å². The highest BCUT2D eigenvalue weighted by molar-refractivity contribution is 7.09. The Bertz CT molecular complexity index is 710. The van der Waals surface area contributed by atoms with E-state index in [4.69, 9.17) is 0 Å². The smallest absolute Gasteiger partial charge is 0.223 e. The van der Waals surface area contributed by atoms with E-state index in [9.17, 15) is 0 Å². The summed E-state index contributed by atoms with van der Waals surface area (Å²) >= 11 is 1.62. The van der Waals surface area contributed by atoms with Crippen LogP contribution < -0.4 is 5.32 Å². The molecular formula is C16H16N4S. The monoisotopic (exact) mass is 296 g/mol. The van der Waals surface area contributed by atoms with Crippen LogP contribution in [0.3, 0.4) is 0 Å². The summed E-state index contributed by atoms with van der Waals surface area (Å²) in [6.45, 7) is 4.00. The van der Waals surface area contributed by atoms with E-state index in [0.29, 0.717) is 5.95 Å². The van der Waals surface area contributed by atoms with Crippen LogP contribution in [0, 0.1) is 13.8 Å². The van der Waals surface area contributed by atoms with Gasteiger partial charge in [-0.3, -0.25) is 0 Å². The summed E-state index contributed by atoms with van der Waals surface area (Å²) in [7, 11) is 0. The second-order valence-electron chi connectivity index (χ2n) is 4.82. The zero-order valence-electron chi connectivity index (χ0n) is 11.9. The number of hydrogen-bond acceptors (Lipinski definition) is 5. The van der Waals surface area contributed by atoms with Gasteiger partial charge in [0.1, 0.15) is 11.0 Å². The molecule has 0 saturated heterocycles. The van der Waals surface area contributed by atoms with E-state index in [1.54, 1.807) is 11.3 Å². The quantitative estimate of drug-likeness (QED) is 0.796. The van der Waals surface area contributed by atoms with Gasteiger partial charge in [-0.05, 0) is 25.0 Å². The maximum Gasteiger partial charge on any atom is 0.223 e. The molecule has 0 aliphatic rings. The fraction of sp³-hybridized carbons (Fsp3) is 0.188. The van der Waals surface area contributed by atoms with Crippen molar-refractivity contribution in [2.75, 3.05) is 5.32 Å². The largest absolute Gasteiger partial charge is 0.341 e. The molecule has 106 valence electrons. The van der Waals surface area contributed by atoms with Crippen molar-refractivity contribution in [2.24, 2.45) is 0 Å². The Morgan fingerprint density at radius 1 is 1.10 bits per heavy atom. The van der Waals surface area contributed by atoms with Gasteiger partial charge < -0.3 is 5.32 Å². The van der Waals surface area contributed by atoms with Crippen molar-refractivity contribution in [1.82, 2.24) is 15.0 Å². The van der Waals surface area contributed by atoms with Crippen molar-refractivity contribution < 1.29 is 0 Å². The van der Waals surface area contributed by atoms with Gasteiger partial charge in [0.05, 0.1) is 0 Å². The molecule has 3 rings (SSSR count). The molecule has 2 heterocycles. The fourth-order valence-corrected chi connectivity index (χ4v) is 2.75. The first-order valence-electron chi connectivity index (χ1n) is 6.75. The molecular weight excluding hydrogens is 280 g/mol. The summed E-state index contributed by atoms with van der Waals surface area (Å²) in [4.78, 5) is 13.3. The van der Waals surface area contributed by atoms with E-state index < -0.39 is 0 Å². The number of hydrogen-bond donors (Lipinski definition) is 1. The summed E-state index contributed by atoms with van der Waals surface area (Å²) < 4.78 is 0. The Labute approximate surface area is 127 Å². The Kier molecular flexibility index (Phi) is 3.92. The molecule has 5 heteroatoms. The molecule has 21 heavy (non-hydrogen) atoms. The number of rotatable bonds is 4. The van der Waals surface area contributed by atoms with Crippen molar-refractivity contribution in [3.05, 3.63) is 69.9 Å². The summed E-state index contributed by atoms with van der Waals surface area (Å²) in [6, 6.07) is 10.2. The lowest BCUT2D eigenvalue weighted by atomic mass is 10.1. The SMILES string of the molecule is Cc1cnc(N[C@H](c2ccccc2)c2nccs2)nc1C. The molecule has 0 amide bonds. The van der Waals surface area contributed by atoms with Gasteiger partial charge in [0.25, 0.3) is 0 Å². The molecule has 0 fully saturated rings. The Morgan fingerprint density at radius 2 is 1.90 bits per heavy atom. The highest BCUT2D eigenvalue weighted by Crippen LogP contribution is 2.26. The normalized spacial score (nSPS) is 12.1. The molecule has 4 nitrogen and oxygen atoms in total. The van der Waals surface area contributed by atoms with Gasteiger partial charge in [0, 0.05) is 23.5 Å². The Balaban J connectivity index is 1.95. The van der Waals surface area contributed by atoms with Crippen molar-refractivity contribution in [3.8, 4) is 0 Å². The van der Waals surface area contributed by atoms with Crippen LogP contribution in [0.5, 0.6) is 0 Å². The lowest BCUT2D eigenvalue weighted by Crippen LogP contribution is -2.14. The van der Waals surface area contributed by atoms with Crippen LogP contribution in [0.1, 0.15) is 27.9 Å². The number of nitrogens with one attached hydrogen (secondary N) is 1. The number of anilines is 1. The number of nitrogens with zero attached hydrogens (tertiary/aromatic N) is 3. The number of aryl methyl sites for hydroxylation is 2. The maximum absolute atomic E-state index is 4.50. The lowest BCUT2D eigenvalue weighted by molar-refractivity contribution is 0.886. The molecule has 0 spiro atoms. The van der Waals surface area contributed by atoms with Gasteiger partial charge in [-0.25, -0.2) is 15.0 Å². The van der Waals surface area contributed by atoms with E-state index >= 15 is 0 Å². The molecule has 0 saturated carbocycles. The Hall–Kier alpha value is -2.27. The second-order valence-corrected chi connectivity index (χ2v) is 5.75. The molecule has 1 aromatic carbocycles. The van der Waals surface area contributed by atoms with Crippen LogP contribution >= 0.6 is 11.3 Å². The molecule has 2 aromatic heterocycles. The van der Waals surface area contributed by atoms with Gasteiger partial charge >= 0.3 is 0 Å². The first-order chi connectivity index (χ1) is 10.2. The molecule has 3 aromatic rings. The fourth-order valence-electron chi connectivity index (χ4n) is 2.04. The molecule has 0 bridgehead atoms. The van der Waals surface area contributed by atoms with Crippen molar-refractivity contribution >= 4 is 17.3 Å². The third kappa shape index (κ3) is 3.08. The average molecular weight is 296 g/mol. The summed E-state index contributed by atoms with van der Waals surface area (Å²) in [5.74, 6) is 0.627. The highest BCUT2D eigenvalue weighted by Gasteiger charge is 2.17. The standard InChI is InChI=1S/C16H16N4S/c1-11-10-18-16(19-12(11)2)20-14(15-17-8-9-21-15)13-6-4-3-5-7-13/h3-10,14H,1-2H3,(H,18,19,20)/t14-/m1/s1. The van der Waals surface area contributed by atoms with Crippen LogP contribution in [0.4, 0.5) is 5.95 Å². The third-order valence-corrected chi connectivity index (χ3v) is 4.17. The minimum atomic E-state index is -0.0340. The van der Waals surface area contributed by atoms with Crippen LogP contribution in [0.25, 0.3) is 0 Å². The Morgan fingerprint density at radius 3 is 2.57 bits per heavy atom. The molecule has 1 N–H and O–H groups in total. The molecule has 0 unspecified atom stereocenters. The van der Waals surface area contributed by atoms with Gasteiger partial charge in [0.15, 0.2) is 0 Å². The highest BCUT2D eigenvalue weighted by atomic mass is 32.1. The molecule has 0 aliphatic heterocycles. The summed E-state index contributed by atoms with van der Waals surface area (Å²) in [5.41, 5.74) is 3.22. The van der Waals surface area contributed by atoms with E-state index in [2.05, 4.69) is 32.4 Å². The zero-order valence-corrected chi connectivity index (χ0v) is 12.8. The predicted molar refractivity (Wildman–Crippen MR) is 85.5 cm³/mol. The van der Waals surface area contributed by atoms with Gasteiger partial charge in [0.2, 0.25) is 5.95 Å². The van der Waals surface area contributed by atoms with Crippen LogP contribution in [-0.2, 0) is 0 Å². The summed E-state index contributed by atoms with van der Waals surface area (Å²) in [5, 5.41) is 6.37. The van der Waals surface area contributed by atoms with E-state index in [-0.39, 0.29) is 6.04 Å². The van der Waals surface area contributed by atoms with Crippen molar-refractivity contribution in [3.63, 3.8) is 0 Å². The minimum Gasteiger partial charge on any atom is -0.341 e. The molecule has 0 aliphatic carbocycles. The zero-order chi connectivity index (χ0) is 14.7. The molecule has 0 radical (unpaired) electrons. The second kappa shape index (κ2) is 6.01. The van der Waals surface area contributed by atoms with E-state index in [0.717, 1.165) is 21.8 Å². The van der Waals surface area contributed by atoms with Crippen LogP contribution in [-0.4, -0.2) is 15.0 Å². The maximum atomic E-state index is 4.50. The first-order valence-corrected chi connectivity index (χ1v) is 7.63. The third-order valence-electron chi connectivity index (χ3n) is 3.33. The minimum absolute atomic E-state index is 0.0340. The van der Waals surface area contributed by atoms with Crippen LogP contribution in [0.2, 0.25) is 0 Å². The topological polar surface area (TPSA) is 50.7 Å². The lowest BCUT2D eigenvalue weighted by Gasteiger charge is -2.17. The van der Waals surface area contributed by atoms with E-state index in [1.165, 1.54) is 0 Å². The van der Waals surface area contributed by atoms with Gasteiger partial charge in [-0.1, -0.05) is 30.3 Å². The first kappa shape index (κ1) is 13.7. The number of benzene rings is 1. The van der Waals surface area contributed by atoms with Gasteiger partial charge in [-0.2, -0.15) is 0 Å². The summed E-state index contributed by atoms with van der Waals surface area (Å²) in [6.07, 6.45) is 3.66.